The summed E-state index contributed by atoms with van der Waals surface area (Å²) in [5.41, 5.74) is 0.717. The van der Waals surface area contributed by atoms with E-state index in [1.807, 2.05) is 0 Å². The fourth-order valence-corrected chi connectivity index (χ4v) is 1.17. The summed E-state index contributed by atoms with van der Waals surface area (Å²) in [7, 11) is 0. The maximum Gasteiger partial charge on any atom is 0.137 e. The van der Waals surface area contributed by atoms with Crippen molar-refractivity contribution in [2.45, 2.75) is 12.8 Å². The second kappa shape index (κ2) is 4.12. The van der Waals surface area contributed by atoms with Gasteiger partial charge in [-0.15, -0.1) is 0 Å². The average Bonchev–Trinajstić information content (AvgIpc) is 2.08. The molecule has 0 atom stereocenters. The first kappa shape index (κ1) is 9.07. The van der Waals surface area contributed by atoms with Gasteiger partial charge in [0.1, 0.15) is 12.0 Å². The molecule has 64 valence electrons. The highest BCUT2D eigenvalue weighted by molar-refractivity contribution is 6.32. The van der Waals surface area contributed by atoms with Crippen LogP contribution in [0.5, 0.6) is 5.75 Å². The van der Waals surface area contributed by atoms with Crippen molar-refractivity contribution in [3.8, 4) is 5.75 Å². The Morgan fingerprint density at radius 1 is 1.50 bits per heavy atom. The number of hydrogen-bond donors (Lipinski definition) is 1. The summed E-state index contributed by atoms with van der Waals surface area (Å²) >= 11 is 5.65. The van der Waals surface area contributed by atoms with Crippen LogP contribution in [0, 0.1) is 0 Å². The van der Waals surface area contributed by atoms with E-state index < -0.39 is 0 Å². The van der Waals surface area contributed by atoms with Gasteiger partial charge in [0.25, 0.3) is 0 Å². The summed E-state index contributed by atoms with van der Waals surface area (Å²) < 4.78 is 0. The zero-order chi connectivity index (χ0) is 8.97. The minimum Gasteiger partial charge on any atom is -0.506 e. The van der Waals surface area contributed by atoms with E-state index in [1.54, 1.807) is 18.2 Å². The van der Waals surface area contributed by atoms with Crippen molar-refractivity contribution in [3.05, 3.63) is 28.8 Å². The number of benzene rings is 1. The third-order valence-corrected chi connectivity index (χ3v) is 1.91. The van der Waals surface area contributed by atoms with Crippen molar-refractivity contribution in [3.63, 3.8) is 0 Å². The highest BCUT2D eigenvalue weighted by atomic mass is 35.5. The van der Waals surface area contributed by atoms with Crippen molar-refractivity contribution in [1.29, 1.82) is 0 Å². The van der Waals surface area contributed by atoms with E-state index in [0.717, 1.165) is 11.8 Å². The van der Waals surface area contributed by atoms with Gasteiger partial charge in [-0.05, 0) is 18.1 Å². The summed E-state index contributed by atoms with van der Waals surface area (Å²) in [5.74, 6) is 0.0843. The van der Waals surface area contributed by atoms with E-state index in [4.69, 9.17) is 11.6 Å². The Morgan fingerprint density at radius 3 is 2.92 bits per heavy atom. The molecule has 0 aromatic heterocycles. The first-order valence-electron chi connectivity index (χ1n) is 3.65. The Balaban J connectivity index is 2.84. The largest absolute Gasteiger partial charge is 0.506 e. The molecule has 3 heteroatoms. The fraction of sp³-hybridized carbons (Fsp3) is 0.222. The molecule has 2 nitrogen and oxygen atoms in total. The topological polar surface area (TPSA) is 37.3 Å². The Bertz CT molecular complexity index is 284. The van der Waals surface area contributed by atoms with Crippen molar-refractivity contribution in [1.82, 2.24) is 0 Å². The maximum atomic E-state index is 10.1. The Hall–Kier alpha value is -1.02. The molecule has 0 amide bonds. The molecule has 0 aliphatic rings. The van der Waals surface area contributed by atoms with Crippen LogP contribution in [-0.2, 0) is 11.2 Å². The number of phenols is 1. The van der Waals surface area contributed by atoms with E-state index in [-0.39, 0.29) is 5.75 Å². The molecule has 1 N–H and O–H groups in total. The Morgan fingerprint density at radius 2 is 2.25 bits per heavy atom. The molecule has 0 aliphatic heterocycles. The van der Waals surface area contributed by atoms with Gasteiger partial charge in [-0.2, -0.15) is 0 Å². The SMILES string of the molecule is O=CCCc1cccc(Cl)c1O. The van der Waals surface area contributed by atoms with Crippen LogP contribution in [0.25, 0.3) is 0 Å². The van der Waals surface area contributed by atoms with Crippen LogP contribution in [0.3, 0.4) is 0 Å². The molecule has 0 saturated carbocycles. The molecule has 0 radical (unpaired) electrons. The molecule has 0 fully saturated rings. The van der Waals surface area contributed by atoms with Crippen LogP contribution in [0.1, 0.15) is 12.0 Å². The standard InChI is InChI=1S/C9H9ClO2/c10-8-5-1-3-7(9(8)12)4-2-6-11/h1,3,5-6,12H,2,4H2. The van der Waals surface area contributed by atoms with E-state index in [1.165, 1.54) is 0 Å². The van der Waals surface area contributed by atoms with Gasteiger partial charge in [-0.25, -0.2) is 0 Å². The molecule has 0 aliphatic carbocycles. The number of para-hydroxylation sites is 1. The molecular formula is C9H9ClO2. The summed E-state index contributed by atoms with van der Waals surface area (Å²) in [6, 6.07) is 5.12. The van der Waals surface area contributed by atoms with E-state index >= 15 is 0 Å². The number of hydrogen-bond acceptors (Lipinski definition) is 2. The van der Waals surface area contributed by atoms with Gasteiger partial charge in [0.2, 0.25) is 0 Å². The lowest BCUT2D eigenvalue weighted by Gasteiger charge is -2.02. The Labute approximate surface area is 75.8 Å². The lowest BCUT2D eigenvalue weighted by atomic mass is 10.1. The number of halogens is 1. The van der Waals surface area contributed by atoms with Crippen molar-refractivity contribution >= 4 is 17.9 Å². The number of phenolic OH excluding ortho intramolecular Hbond substituents is 1. The minimum atomic E-state index is 0.0843. The average molecular weight is 185 g/mol. The van der Waals surface area contributed by atoms with Gasteiger partial charge < -0.3 is 9.90 Å². The fourth-order valence-electron chi connectivity index (χ4n) is 0.976. The van der Waals surface area contributed by atoms with Gasteiger partial charge in [-0.1, -0.05) is 23.7 Å². The molecule has 0 unspecified atom stereocenters. The number of carbonyl (C=O) groups excluding carboxylic acids is 1. The van der Waals surface area contributed by atoms with Gasteiger partial charge in [-0.3, -0.25) is 0 Å². The van der Waals surface area contributed by atoms with E-state index in [0.29, 0.717) is 17.9 Å². The van der Waals surface area contributed by atoms with E-state index in [9.17, 15) is 9.90 Å². The predicted molar refractivity (Wildman–Crippen MR) is 47.5 cm³/mol. The highest BCUT2D eigenvalue weighted by Crippen LogP contribution is 2.27. The maximum absolute atomic E-state index is 10.1. The second-order valence-corrected chi connectivity index (χ2v) is 2.86. The van der Waals surface area contributed by atoms with Crippen LogP contribution in [0.4, 0.5) is 0 Å². The third kappa shape index (κ3) is 1.98. The van der Waals surface area contributed by atoms with Gasteiger partial charge in [0.05, 0.1) is 5.02 Å². The minimum absolute atomic E-state index is 0.0843. The van der Waals surface area contributed by atoms with Gasteiger partial charge >= 0.3 is 0 Å². The molecule has 1 aromatic carbocycles. The number of aromatic hydroxyl groups is 1. The van der Waals surface area contributed by atoms with Gasteiger partial charge in [0.15, 0.2) is 0 Å². The zero-order valence-electron chi connectivity index (χ0n) is 6.46. The molecule has 0 spiro atoms. The molecule has 1 rings (SSSR count). The molecule has 12 heavy (non-hydrogen) atoms. The Kier molecular flexibility index (Phi) is 3.11. The van der Waals surface area contributed by atoms with Crippen LogP contribution in [0.15, 0.2) is 18.2 Å². The number of carbonyl (C=O) groups is 1. The lowest BCUT2D eigenvalue weighted by Crippen LogP contribution is -1.86. The highest BCUT2D eigenvalue weighted by Gasteiger charge is 2.03. The molecule has 0 bridgehead atoms. The first-order valence-corrected chi connectivity index (χ1v) is 4.03. The molecular weight excluding hydrogens is 176 g/mol. The summed E-state index contributed by atoms with van der Waals surface area (Å²) in [6.45, 7) is 0. The molecule has 0 saturated heterocycles. The lowest BCUT2D eigenvalue weighted by molar-refractivity contribution is -0.107. The molecule has 1 aromatic rings. The van der Waals surface area contributed by atoms with Crippen molar-refractivity contribution in [2.24, 2.45) is 0 Å². The van der Waals surface area contributed by atoms with Crippen LogP contribution >= 0.6 is 11.6 Å². The molecule has 0 heterocycles. The van der Waals surface area contributed by atoms with Crippen LogP contribution in [-0.4, -0.2) is 11.4 Å². The summed E-state index contributed by atoms with van der Waals surface area (Å²) in [5, 5.41) is 9.71. The van der Waals surface area contributed by atoms with Gasteiger partial charge in [0, 0.05) is 6.42 Å². The summed E-state index contributed by atoms with van der Waals surface area (Å²) in [6.07, 6.45) is 1.77. The third-order valence-electron chi connectivity index (χ3n) is 1.60. The zero-order valence-corrected chi connectivity index (χ0v) is 7.21. The van der Waals surface area contributed by atoms with Crippen LogP contribution < -0.4 is 0 Å². The van der Waals surface area contributed by atoms with Crippen molar-refractivity contribution in [2.75, 3.05) is 0 Å². The first-order chi connectivity index (χ1) is 5.75. The summed E-state index contributed by atoms with van der Waals surface area (Å²) in [4.78, 5) is 10.1. The van der Waals surface area contributed by atoms with E-state index in [2.05, 4.69) is 0 Å². The van der Waals surface area contributed by atoms with Crippen molar-refractivity contribution < 1.29 is 9.90 Å². The smallest absolute Gasteiger partial charge is 0.137 e. The predicted octanol–water partition coefficient (Wildman–Crippen LogP) is 2.18. The second-order valence-electron chi connectivity index (χ2n) is 2.45. The number of aldehydes is 1. The number of rotatable bonds is 3. The monoisotopic (exact) mass is 184 g/mol. The quantitative estimate of drug-likeness (QED) is 0.732. The number of aryl methyl sites for hydroxylation is 1. The normalized spacial score (nSPS) is 9.75. The van der Waals surface area contributed by atoms with Crippen LogP contribution in [0.2, 0.25) is 5.02 Å².